The lowest BCUT2D eigenvalue weighted by molar-refractivity contribution is -0.113. The first-order chi connectivity index (χ1) is 18.3. The van der Waals surface area contributed by atoms with Crippen molar-refractivity contribution in [2.75, 3.05) is 11.1 Å². The Morgan fingerprint density at radius 3 is 2.50 bits per heavy atom. The van der Waals surface area contributed by atoms with E-state index in [1.165, 1.54) is 23.1 Å². The van der Waals surface area contributed by atoms with Crippen molar-refractivity contribution < 1.29 is 9.59 Å². The van der Waals surface area contributed by atoms with E-state index in [1.807, 2.05) is 87.7 Å². The van der Waals surface area contributed by atoms with Crippen molar-refractivity contribution in [3.05, 3.63) is 76.4 Å². The van der Waals surface area contributed by atoms with Gasteiger partial charge >= 0.3 is 0 Å². The molecule has 2 heterocycles. The van der Waals surface area contributed by atoms with Gasteiger partial charge in [-0.15, -0.1) is 21.5 Å². The maximum Gasteiger partial charge on any atom is 0.251 e. The third-order valence-electron chi connectivity index (χ3n) is 6.00. The lowest BCUT2D eigenvalue weighted by Gasteiger charge is -2.22. The van der Waals surface area contributed by atoms with Gasteiger partial charge in [-0.05, 0) is 38.8 Å². The van der Waals surface area contributed by atoms with E-state index in [4.69, 9.17) is 0 Å². The van der Waals surface area contributed by atoms with Crippen LogP contribution in [0.1, 0.15) is 53.4 Å². The third kappa shape index (κ3) is 6.49. The SMILES string of the molecule is CCn1c(SCC(=O)Nc2nc(-c3ccccc3)c(C)s2)nnc1[C@@H](NC(=O)c1cccc(C)c1)C(C)C. The molecule has 0 unspecified atom stereocenters. The summed E-state index contributed by atoms with van der Waals surface area (Å²) in [5.41, 5.74) is 3.53. The number of aryl methyl sites for hydroxylation is 2. The number of benzene rings is 2. The van der Waals surface area contributed by atoms with Gasteiger partial charge in [-0.1, -0.05) is 73.6 Å². The predicted molar refractivity (Wildman–Crippen MR) is 154 cm³/mol. The van der Waals surface area contributed by atoms with Crippen LogP contribution in [-0.4, -0.2) is 37.3 Å². The lowest BCUT2D eigenvalue weighted by atomic mass is 10.0. The van der Waals surface area contributed by atoms with E-state index in [0.717, 1.165) is 21.7 Å². The fraction of sp³-hybridized carbons (Fsp3) is 0.321. The van der Waals surface area contributed by atoms with E-state index in [-0.39, 0.29) is 29.5 Å². The molecule has 2 N–H and O–H groups in total. The maximum atomic E-state index is 13.0. The van der Waals surface area contributed by atoms with Crippen LogP contribution in [0.3, 0.4) is 0 Å². The average molecular weight is 549 g/mol. The van der Waals surface area contributed by atoms with Gasteiger partial charge in [0.25, 0.3) is 5.91 Å². The van der Waals surface area contributed by atoms with E-state index in [1.54, 1.807) is 6.07 Å². The third-order valence-corrected chi connectivity index (χ3v) is 7.85. The fourth-order valence-corrected chi connectivity index (χ4v) is 5.73. The van der Waals surface area contributed by atoms with Crippen molar-refractivity contribution in [1.29, 1.82) is 0 Å². The van der Waals surface area contributed by atoms with Crippen LogP contribution in [0.2, 0.25) is 0 Å². The summed E-state index contributed by atoms with van der Waals surface area (Å²) in [6, 6.07) is 17.1. The molecule has 0 bridgehead atoms. The molecule has 4 rings (SSSR count). The molecule has 2 amide bonds. The summed E-state index contributed by atoms with van der Waals surface area (Å²) < 4.78 is 1.96. The smallest absolute Gasteiger partial charge is 0.251 e. The molecule has 8 nitrogen and oxygen atoms in total. The molecule has 198 valence electrons. The Hall–Kier alpha value is -3.50. The molecular weight excluding hydrogens is 516 g/mol. The minimum Gasteiger partial charge on any atom is -0.342 e. The van der Waals surface area contributed by atoms with Gasteiger partial charge in [0.05, 0.1) is 17.5 Å². The van der Waals surface area contributed by atoms with E-state index in [9.17, 15) is 9.59 Å². The Morgan fingerprint density at radius 2 is 1.82 bits per heavy atom. The largest absolute Gasteiger partial charge is 0.342 e. The van der Waals surface area contributed by atoms with E-state index < -0.39 is 0 Å². The fourth-order valence-electron chi connectivity index (χ4n) is 4.07. The summed E-state index contributed by atoms with van der Waals surface area (Å²) in [7, 11) is 0. The van der Waals surface area contributed by atoms with Gasteiger partial charge in [-0.3, -0.25) is 9.59 Å². The van der Waals surface area contributed by atoms with Gasteiger partial charge in [0.15, 0.2) is 16.1 Å². The first-order valence-corrected chi connectivity index (χ1v) is 14.3. The second-order valence-corrected chi connectivity index (χ2v) is 11.4. The highest BCUT2D eigenvalue weighted by Crippen LogP contribution is 2.31. The van der Waals surface area contributed by atoms with Crippen molar-refractivity contribution in [3.8, 4) is 11.3 Å². The van der Waals surface area contributed by atoms with Crippen molar-refractivity contribution in [2.45, 2.75) is 52.4 Å². The van der Waals surface area contributed by atoms with Crippen LogP contribution in [0, 0.1) is 19.8 Å². The number of rotatable bonds is 10. The van der Waals surface area contributed by atoms with Crippen LogP contribution in [-0.2, 0) is 11.3 Å². The van der Waals surface area contributed by atoms with E-state index in [2.05, 4.69) is 25.8 Å². The first kappa shape index (κ1) is 27.5. The second kappa shape index (κ2) is 12.4. The number of nitrogens with one attached hydrogen (secondary N) is 2. The van der Waals surface area contributed by atoms with Crippen LogP contribution < -0.4 is 10.6 Å². The summed E-state index contributed by atoms with van der Waals surface area (Å²) in [4.78, 5) is 31.4. The molecule has 38 heavy (non-hydrogen) atoms. The molecule has 0 radical (unpaired) electrons. The van der Waals surface area contributed by atoms with Gasteiger partial charge in [-0.2, -0.15) is 0 Å². The molecular formula is C28H32N6O2S2. The Balaban J connectivity index is 1.43. The maximum absolute atomic E-state index is 13.0. The van der Waals surface area contributed by atoms with E-state index >= 15 is 0 Å². The minimum atomic E-state index is -0.326. The van der Waals surface area contributed by atoms with Gasteiger partial charge < -0.3 is 15.2 Å². The zero-order valence-electron chi connectivity index (χ0n) is 22.2. The van der Waals surface area contributed by atoms with Gasteiger partial charge in [0.1, 0.15) is 0 Å². The van der Waals surface area contributed by atoms with Gasteiger partial charge in [0, 0.05) is 22.5 Å². The molecule has 4 aromatic rings. The van der Waals surface area contributed by atoms with Crippen molar-refractivity contribution in [2.24, 2.45) is 5.92 Å². The number of amides is 2. The average Bonchev–Trinajstić information content (AvgIpc) is 3.48. The number of thioether (sulfide) groups is 1. The van der Waals surface area contributed by atoms with E-state index in [0.29, 0.717) is 28.2 Å². The Morgan fingerprint density at radius 1 is 1.05 bits per heavy atom. The normalized spacial score (nSPS) is 11.9. The molecule has 2 aromatic carbocycles. The highest BCUT2D eigenvalue weighted by atomic mass is 32.2. The lowest BCUT2D eigenvalue weighted by Crippen LogP contribution is -2.33. The summed E-state index contributed by atoms with van der Waals surface area (Å²) >= 11 is 2.77. The number of hydrogen-bond acceptors (Lipinski definition) is 7. The molecule has 10 heteroatoms. The van der Waals surface area contributed by atoms with Crippen LogP contribution in [0.25, 0.3) is 11.3 Å². The molecule has 2 aromatic heterocycles. The predicted octanol–water partition coefficient (Wildman–Crippen LogP) is 5.90. The molecule has 0 saturated carbocycles. The minimum absolute atomic E-state index is 0.0892. The molecule has 1 atom stereocenters. The highest BCUT2D eigenvalue weighted by molar-refractivity contribution is 7.99. The van der Waals surface area contributed by atoms with Gasteiger partial charge in [0.2, 0.25) is 5.91 Å². The van der Waals surface area contributed by atoms with Gasteiger partial charge in [-0.25, -0.2) is 4.98 Å². The van der Waals surface area contributed by atoms with Crippen molar-refractivity contribution in [3.63, 3.8) is 0 Å². The second-order valence-electron chi connectivity index (χ2n) is 9.28. The molecule has 0 aliphatic rings. The molecule has 0 saturated heterocycles. The number of carbonyl (C=O) groups is 2. The zero-order chi connectivity index (χ0) is 27.2. The summed E-state index contributed by atoms with van der Waals surface area (Å²) in [5.74, 6) is 0.615. The monoisotopic (exact) mass is 548 g/mol. The topological polar surface area (TPSA) is 102 Å². The number of thiazole rings is 1. The number of carbonyl (C=O) groups excluding carboxylic acids is 2. The number of hydrogen-bond donors (Lipinski definition) is 2. The van der Waals surface area contributed by atoms with Crippen LogP contribution >= 0.6 is 23.1 Å². The Kier molecular flexibility index (Phi) is 8.96. The summed E-state index contributed by atoms with van der Waals surface area (Å²) in [6.45, 7) is 10.6. The van der Waals surface area contributed by atoms with Crippen LogP contribution in [0.5, 0.6) is 0 Å². The zero-order valence-corrected chi connectivity index (χ0v) is 23.8. The summed E-state index contributed by atoms with van der Waals surface area (Å²) in [6.07, 6.45) is 0. The molecule has 0 aliphatic heterocycles. The first-order valence-electron chi connectivity index (χ1n) is 12.5. The van der Waals surface area contributed by atoms with Crippen LogP contribution in [0.4, 0.5) is 5.13 Å². The standard InChI is InChI=1S/C28H32N6O2S2/c1-6-34-25(23(17(2)3)30-26(36)21-14-10-11-18(4)15-21)32-33-28(34)37-16-22(35)29-27-31-24(19(5)38-27)20-12-8-7-9-13-20/h7-15,17,23H,6,16H2,1-5H3,(H,30,36)(H,29,31,35)/t23-/m0/s1. The van der Waals surface area contributed by atoms with Crippen molar-refractivity contribution in [1.82, 2.24) is 25.1 Å². The number of nitrogens with zero attached hydrogens (tertiary/aromatic N) is 4. The Bertz CT molecular complexity index is 1410. The highest BCUT2D eigenvalue weighted by Gasteiger charge is 2.26. The number of anilines is 1. The Labute approximate surface area is 231 Å². The number of aromatic nitrogens is 4. The molecule has 0 fully saturated rings. The van der Waals surface area contributed by atoms with Crippen LogP contribution in [0.15, 0.2) is 59.8 Å². The molecule has 0 aliphatic carbocycles. The van der Waals surface area contributed by atoms with Crippen molar-refractivity contribution >= 4 is 40.0 Å². The summed E-state index contributed by atoms with van der Waals surface area (Å²) in [5, 5.41) is 16.0. The quantitative estimate of drug-likeness (QED) is 0.239. The molecule has 0 spiro atoms.